The molecular formula is C28H32N6O3. The summed E-state index contributed by atoms with van der Waals surface area (Å²) in [6.45, 7) is 8.42. The first-order valence-corrected chi connectivity index (χ1v) is 12.7. The fourth-order valence-corrected chi connectivity index (χ4v) is 4.90. The first kappa shape index (κ1) is 24.9. The maximum absolute atomic E-state index is 13.0. The van der Waals surface area contributed by atoms with E-state index in [9.17, 15) is 9.59 Å². The van der Waals surface area contributed by atoms with Crippen LogP contribution in [0.2, 0.25) is 0 Å². The molecule has 9 heteroatoms. The normalized spacial score (nSPS) is 18.1. The van der Waals surface area contributed by atoms with Crippen LogP contribution in [0.3, 0.4) is 0 Å². The Bertz CT molecular complexity index is 1640. The molecule has 1 aliphatic heterocycles. The number of pyridine rings is 1. The summed E-state index contributed by atoms with van der Waals surface area (Å²) in [5.41, 5.74) is 1.53. The molecule has 0 radical (unpaired) electrons. The number of aromatic amines is 3. The molecule has 0 spiro atoms. The monoisotopic (exact) mass is 500 g/mol. The van der Waals surface area contributed by atoms with Crippen LogP contribution in [-0.4, -0.2) is 50.7 Å². The van der Waals surface area contributed by atoms with Gasteiger partial charge in [-0.2, -0.15) is 0 Å². The molecule has 192 valence electrons. The zero-order valence-corrected chi connectivity index (χ0v) is 21.3. The zero-order valence-electron chi connectivity index (χ0n) is 21.3. The molecule has 9 nitrogen and oxygen atoms in total. The smallest absolute Gasteiger partial charge is 0.272 e. The minimum Gasteiger partial charge on any atom is -0.378 e. The largest absolute Gasteiger partial charge is 0.378 e. The minimum atomic E-state index is -0.396. The fourth-order valence-electron chi connectivity index (χ4n) is 4.90. The lowest BCUT2D eigenvalue weighted by Crippen LogP contribution is -2.46. The Morgan fingerprint density at radius 1 is 1.05 bits per heavy atom. The van der Waals surface area contributed by atoms with Gasteiger partial charge in [0.05, 0.1) is 18.9 Å². The van der Waals surface area contributed by atoms with Crippen LogP contribution in [0.1, 0.15) is 61.8 Å². The molecule has 4 N–H and O–H groups in total. The molecule has 4 aromatic rings. The average molecular weight is 501 g/mol. The summed E-state index contributed by atoms with van der Waals surface area (Å²) in [5.74, 6) is 1.15. The number of morpholine rings is 1. The minimum absolute atomic E-state index is 0.142. The second-order valence-electron chi connectivity index (χ2n) is 9.70. The predicted molar refractivity (Wildman–Crippen MR) is 144 cm³/mol. The lowest BCUT2D eigenvalue weighted by Gasteiger charge is -2.29. The van der Waals surface area contributed by atoms with Crippen LogP contribution >= 0.6 is 0 Å². The van der Waals surface area contributed by atoms with Crippen LogP contribution in [-0.2, 0) is 4.74 Å². The van der Waals surface area contributed by atoms with Crippen molar-refractivity contribution < 1.29 is 4.74 Å². The number of hydrogen-bond acceptors (Lipinski definition) is 6. The molecule has 0 aliphatic carbocycles. The van der Waals surface area contributed by atoms with E-state index in [2.05, 4.69) is 46.0 Å². The van der Waals surface area contributed by atoms with E-state index in [0.29, 0.717) is 18.9 Å². The highest BCUT2D eigenvalue weighted by Crippen LogP contribution is 2.27. The van der Waals surface area contributed by atoms with E-state index in [4.69, 9.17) is 9.72 Å². The number of imidazole rings is 1. The van der Waals surface area contributed by atoms with Crippen molar-refractivity contribution in [2.75, 3.05) is 19.8 Å². The number of fused-ring (bicyclic) bond motifs is 1. The van der Waals surface area contributed by atoms with Crippen LogP contribution < -0.4 is 27.1 Å². The quantitative estimate of drug-likeness (QED) is 0.318. The van der Waals surface area contributed by atoms with Crippen molar-refractivity contribution in [2.24, 2.45) is 0 Å². The molecule has 2 atom stereocenters. The Morgan fingerprint density at radius 2 is 1.81 bits per heavy atom. The Labute approximate surface area is 213 Å². The standard InChI is InChI=1S/C28H32N6O3/c1-4-19(24-15-37-10-9-30-24)26-31-21(25(34-26)16(2)3)12-23-28(36)32-22(27(35)33-23)11-18-14-29-13-17-7-5-6-8-20(17)18/h5-8,11-14,16,19,24,30H,4,9-10,15H2,1-3H3,(H,31,34)(H,32,36)(H,33,35)/b22-11-,23-12-. The van der Waals surface area contributed by atoms with Crippen LogP contribution in [0.5, 0.6) is 0 Å². The molecule has 1 fully saturated rings. The molecular weight excluding hydrogens is 468 g/mol. The van der Waals surface area contributed by atoms with Gasteiger partial charge in [0.2, 0.25) is 0 Å². The zero-order chi connectivity index (χ0) is 25.9. The number of nitrogens with zero attached hydrogens (tertiary/aromatic N) is 2. The lowest BCUT2D eigenvalue weighted by atomic mass is 9.96. The van der Waals surface area contributed by atoms with E-state index >= 15 is 0 Å². The van der Waals surface area contributed by atoms with Gasteiger partial charge in [-0.1, -0.05) is 45.0 Å². The number of H-pyrrole nitrogens is 3. The molecule has 0 amide bonds. The molecule has 5 rings (SSSR count). The maximum Gasteiger partial charge on any atom is 0.272 e. The number of benzene rings is 1. The van der Waals surface area contributed by atoms with E-state index in [1.165, 1.54) is 0 Å². The first-order chi connectivity index (χ1) is 17.9. The molecule has 1 aliphatic rings. The summed E-state index contributed by atoms with van der Waals surface area (Å²) >= 11 is 0. The van der Waals surface area contributed by atoms with Crippen LogP contribution in [0.15, 0.2) is 46.2 Å². The van der Waals surface area contributed by atoms with Gasteiger partial charge in [-0.15, -0.1) is 0 Å². The third-order valence-electron chi connectivity index (χ3n) is 6.85. The van der Waals surface area contributed by atoms with Crippen molar-refractivity contribution in [1.29, 1.82) is 0 Å². The average Bonchev–Trinajstić information content (AvgIpc) is 3.32. The number of ether oxygens (including phenoxy) is 1. The molecule has 0 bridgehead atoms. The van der Waals surface area contributed by atoms with Gasteiger partial charge in [0, 0.05) is 47.5 Å². The topological polar surface area (TPSA) is 129 Å². The van der Waals surface area contributed by atoms with Gasteiger partial charge >= 0.3 is 0 Å². The Hall–Kier alpha value is -3.82. The summed E-state index contributed by atoms with van der Waals surface area (Å²) in [6.07, 6.45) is 7.63. The van der Waals surface area contributed by atoms with Crippen LogP contribution in [0.4, 0.5) is 0 Å². The second-order valence-corrected chi connectivity index (χ2v) is 9.70. The summed E-state index contributed by atoms with van der Waals surface area (Å²) in [5, 5.41) is 5.75. The molecule has 0 saturated carbocycles. The highest BCUT2D eigenvalue weighted by Gasteiger charge is 2.27. The van der Waals surface area contributed by atoms with E-state index in [1.54, 1.807) is 24.5 Å². The Kier molecular flexibility index (Phi) is 7.16. The highest BCUT2D eigenvalue weighted by molar-refractivity contribution is 5.89. The van der Waals surface area contributed by atoms with Crippen molar-refractivity contribution >= 4 is 22.9 Å². The van der Waals surface area contributed by atoms with Gasteiger partial charge in [0.25, 0.3) is 11.1 Å². The van der Waals surface area contributed by atoms with Gasteiger partial charge < -0.3 is 25.0 Å². The van der Waals surface area contributed by atoms with Gasteiger partial charge in [-0.3, -0.25) is 14.6 Å². The van der Waals surface area contributed by atoms with E-state index < -0.39 is 11.1 Å². The van der Waals surface area contributed by atoms with Crippen LogP contribution in [0, 0.1) is 0 Å². The number of nitrogens with one attached hydrogen (secondary N) is 4. The van der Waals surface area contributed by atoms with Crippen LogP contribution in [0.25, 0.3) is 22.9 Å². The number of hydrogen-bond donors (Lipinski definition) is 4. The Balaban J connectivity index is 1.57. The third kappa shape index (κ3) is 5.19. The lowest BCUT2D eigenvalue weighted by molar-refractivity contribution is 0.0664. The van der Waals surface area contributed by atoms with E-state index in [-0.39, 0.29) is 28.6 Å². The maximum atomic E-state index is 13.0. The SMILES string of the molecule is CCC(c1nc(/C=c2\[nH]c(=O)/c(=C/c3cncc4ccccc34)[nH]c2=O)c(C(C)C)[nH]1)C1COCCN1. The van der Waals surface area contributed by atoms with Crippen molar-refractivity contribution in [3.8, 4) is 0 Å². The van der Waals surface area contributed by atoms with Crippen molar-refractivity contribution in [3.63, 3.8) is 0 Å². The van der Waals surface area contributed by atoms with E-state index in [0.717, 1.165) is 40.8 Å². The van der Waals surface area contributed by atoms with Gasteiger partial charge in [0.15, 0.2) is 0 Å². The summed E-state index contributed by atoms with van der Waals surface area (Å²) < 4.78 is 5.67. The highest BCUT2D eigenvalue weighted by atomic mass is 16.5. The Morgan fingerprint density at radius 3 is 2.51 bits per heavy atom. The number of rotatable bonds is 6. The van der Waals surface area contributed by atoms with E-state index in [1.807, 2.05) is 24.3 Å². The molecule has 1 saturated heterocycles. The fraction of sp³-hybridized carbons (Fsp3) is 0.357. The van der Waals surface area contributed by atoms with Crippen molar-refractivity contribution in [3.05, 3.63) is 90.8 Å². The predicted octanol–water partition coefficient (Wildman–Crippen LogP) is 1.60. The number of aromatic nitrogens is 5. The molecule has 2 unspecified atom stereocenters. The summed E-state index contributed by atoms with van der Waals surface area (Å²) in [7, 11) is 0. The van der Waals surface area contributed by atoms with Crippen molar-refractivity contribution in [2.45, 2.75) is 45.1 Å². The third-order valence-corrected chi connectivity index (χ3v) is 6.85. The molecule has 1 aromatic carbocycles. The van der Waals surface area contributed by atoms with Gasteiger partial charge in [-0.05, 0) is 29.9 Å². The first-order valence-electron chi connectivity index (χ1n) is 12.7. The molecule has 3 aromatic heterocycles. The molecule has 37 heavy (non-hydrogen) atoms. The van der Waals surface area contributed by atoms with Gasteiger partial charge in [-0.25, -0.2) is 4.98 Å². The summed E-state index contributed by atoms with van der Waals surface area (Å²) in [6, 6.07) is 7.93. The summed E-state index contributed by atoms with van der Waals surface area (Å²) in [4.78, 5) is 44.1. The second kappa shape index (κ2) is 10.7. The van der Waals surface area contributed by atoms with Crippen molar-refractivity contribution in [1.82, 2.24) is 30.2 Å². The van der Waals surface area contributed by atoms with Gasteiger partial charge in [0.1, 0.15) is 16.5 Å². The molecule has 4 heterocycles.